The Labute approximate surface area is 147 Å². The van der Waals surface area contributed by atoms with Crippen molar-refractivity contribution in [2.24, 2.45) is 0 Å². The predicted molar refractivity (Wildman–Crippen MR) is 94.3 cm³/mol. The van der Waals surface area contributed by atoms with E-state index >= 15 is 0 Å². The van der Waals surface area contributed by atoms with Crippen LogP contribution in [0.5, 0.6) is 0 Å². The van der Waals surface area contributed by atoms with Gasteiger partial charge in [-0.1, -0.05) is 18.2 Å². The summed E-state index contributed by atoms with van der Waals surface area (Å²) in [6.45, 7) is 3.58. The number of carbonyl (C=O) groups excluding carboxylic acids is 1. The van der Waals surface area contributed by atoms with Crippen LogP contribution in [-0.2, 0) is 22.7 Å². The molecular weight excluding hydrogens is 338 g/mol. The average Bonchev–Trinajstić information content (AvgIpc) is 2.91. The average molecular weight is 353 g/mol. The van der Waals surface area contributed by atoms with Gasteiger partial charge in [-0.05, 0) is 25.5 Å². The highest BCUT2D eigenvalue weighted by atomic mass is 32.1. The zero-order valence-corrected chi connectivity index (χ0v) is 14.6. The number of aryl methyl sites for hydroxylation is 2. The van der Waals surface area contributed by atoms with Crippen molar-refractivity contribution in [1.82, 2.24) is 9.55 Å². The smallest absolute Gasteiger partial charge is 0.326 e. The number of rotatable bonds is 4. The van der Waals surface area contributed by atoms with Crippen molar-refractivity contribution >= 4 is 27.5 Å². The number of nitrogens with zero attached hydrogens (tertiary/aromatic N) is 3. The summed E-state index contributed by atoms with van der Waals surface area (Å²) in [5.41, 5.74) is 1.73. The number of aromatic nitrogens is 2. The Bertz CT molecular complexity index is 1060. The van der Waals surface area contributed by atoms with Gasteiger partial charge in [0.1, 0.15) is 18.0 Å². The molecule has 0 saturated heterocycles. The standard InChI is InChI=1S/C18H15N3O3S/c1-11-12(2)25-17-16(11)18(23)21(10-20-17)8-15(22)24-9-14-6-4-3-5-13(14)7-19/h3-6,10H,8-9H2,1-2H3. The SMILES string of the molecule is Cc1sc2ncn(CC(=O)OCc3ccccc3C#N)c(=O)c2c1C. The van der Waals surface area contributed by atoms with Gasteiger partial charge in [0.15, 0.2) is 0 Å². The minimum atomic E-state index is -0.555. The van der Waals surface area contributed by atoms with Crippen LogP contribution in [-0.4, -0.2) is 15.5 Å². The molecule has 25 heavy (non-hydrogen) atoms. The zero-order valence-electron chi connectivity index (χ0n) is 13.8. The van der Waals surface area contributed by atoms with E-state index in [2.05, 4.69) is 11.1 Å². The third-order valence-electron chi connectivity index (χ3n) is 3.98. The van der Waals surface area contributed by atoms with Gasteiger partial charge < -0.3 is 4.74 Å². The Morgan fingerprint density at radius 3 is 2.88 bits per heavy atom. The van der Waals surface area contributed by atoms with Gasteiger partial charge in [0.25, 0.3) is 5.56 Å². The summed E-state index contributed by atoms with van der Waals surface area (Å²) >= 11 is 1.46. The van der Waals surface area contributed by atoms with Crippen LogP contribution in [0.15, 0.2) is 35.4 Å². The zero-order chi connectivity index (χ0) is 18.0. The van der Waals surface area contributed by atoms with Gasteiger partial charge >= 0.3 is 5.97 Å². The van der Waals surface area contributed by atoms with Crippen molar-refractivity contribution in [2.45, 2.75) is 27.0 Å². The Balaban J connectivity index is 1.76. The van der Waals surface area contributed by atoms with Crippen molar-refractivity contribution in [3.63, 3.8) is 0 Å². The molecule has 6 nitrogen and oxygen atoms in total. The lowest BCUT2D eigenvalue weighted by molar-refractivity contribution is -0.145. The lowest BCUT2D eigenvalue weighted by Crippen LogP contribution is -2.25. The van der Waals surface area contributed by atoms with E-state index < -0.39 is 5.97 Å². The first-order valence-electron chi connectivity index (χ1n) is 7.60. The summed E-state index contributed by atoms with van der Waals surface area (Å²) in [4.78, 5) is 30.6. The molecule has 0 fully saturated rings. The van der Waals surface area contributed by atoms with E-state index in [0.29, 0.717) is 21.3 Å². The number of nitriles is 1. The molecule has 0 spiro atoms. The van der Waals surface area contributed by atoms with Gasteiger partial charge in [-0.3, -0.25) is 14.2 Å². The molecule has 1 aromatic carbocycles. The molecule has 0 aliphatic heterocycles. The summed E-state index contributed by atoms with van der Waals surface area (Å²) in [6.07, 6.45) is 1.37. The lowest BCUT2D eigenvalue weighted by Gasteiger charge is -2.08. The lowest BCUT2D eigenvalue weighted by atomic mass is 10.1. The van der Waals surface area contributed by atoms with Crippen LogP contribution in [0.4, 0.5) is 0 Å². The van der Waals surface area contributed by atoms with E-state index in [9.17, 15) is 9.59 Å². The molecule has 3 rings (SSSR count). The summed E-state index contributed by atoms with van der Waals surface area (Å²) in [7, 11) is 0. The number of carbonyl (C=O) groups is 1. The highest BCUT2D eigenvalue weighted by Gasteiger charge is 2.14. The summed E-state index contributed by atoms with van der Waals surface area (Å²) in [6, 6.07) is 8.95. The Morgan fingerprint density at radius 1 is 1.36 bits per heavy atom. The second-order valence-corrected chi connectivity index (χ2v) is 6.77. The fourth-order valence-corrected chi connectivity index (χ4v) is 3.47. The first kappa shape index (κ1) is 16.9. The van der Waals surface area contributed by atoms with E-state index in [-0.39, 0.29) is 18.7 Å². The summed E-state index contributed by atoms with van der Waals surface area (Å²) < 4.78 is 6.45. The molecule has 2 aromatic heterocycles. The monoisotopic (exact) mass is 353 g/mol. The number of fused-ring (bicyclic) bond motifs is 1. The molecule has 0 saturated carbocycles. The third-order valence-corrected chi connectivity index (χ3v) is 5.10. The van der Waals surface area contributed by atoms with Crippen LogP contribution in [0.1, 0.15) is 21.6 Å². The number of benzene rings is 1. The van der Waals surface area contributed by atoms with E-state index in [1.807, 2.05) is 13.8 Å². The van der Waals surface area contributed by atoms with Gasteiger partial charge in [0.2, 0.25) is 0 Å². The highest BCUT2D eigenvalue weighted by Crippen LogP contribution is 2.25. The molecule has 7 heteroatoms. The van der Waals surface area contributed by atoms with Crippen molar-refractivity contribution in [1.29, 1.82) is 5.26 Å². The second-order valence-electron chi connectivity index (χ2n) is 5.57. The first-order valence-corrected chi connectivity index (χ1v) is 8.41. The molecule has 3 aromatic rings. The van der Waals surface area contributed by atoms with E-state index in [4.69, 9.17) is 10.00 Å². The molecule has 0 aliphatic rings. The first-order chi connectivity index (χ1) is 12.0. The maximum atomic E-state index is 12.6. The Hall–Kier alpha value is -2.98. The van der Waals surface area contributed by atoms with Crippen molar-refractivity contribution in [3.8, 4) is 6.07 Å². The fourth-order valence-electron chi connectivity index (χ4n) is 2.48. The van der Waals surface area contributed by atoms with E-state index in [1.54, 1.807) is 24.3 Å². The molecule has 0 unspecified atom stereocenters. The third kappa shape index (κ3) is 3.30. The molecule has 2 heterocycles. The molecule has 126 valence electrons. The largest absolute Gasteiger partial charge is 0.459 e. The predicted octanol–water partition coefficient (Wildman–Crippen LogP) is 2.69. The van der Waals surface area contributed by atoms with Crippen LogP contribution >= 0.6 is 11.3 Å². The molecule has 0 N–H and O–H groups in total. The van der Waals surface area contributed by atoms with Crippen LogP contribution in [0.3, 0.4) is 0 Å². The van der Waals surface area contributed by atoms with Gasteiger partial charge in [-0.2, -0.15) is 5.26 Å². The number of hydrogen-bond donors (Lipinski definition) is 0. The molecular formula is C18H15N3O3S. The topological polar surface area (TPSA) is 85.0 Å². The fraction of sp³-hybridized carbons (Fsp3) is 0.222. The van der Waals surface area contributed by atoms with Crippen molar-refractivity contribution < 1.29 is 9.53 Å². The second kappa shape index (κ2) is 6.87. The van der Waals surface area contributed by atoms with Gasteiger partial charge in [-0.15, -0.1) is 11.3 Å². The number of ether oxygens (including phenoxy) is 1. The molecule has 0 radical (unpaired) electrons. The Morgan fingerprint density at radius 2 is 2.12 bits per heavy atom. The maximum absolute atomic E-state index is 12.6. The maximum Gasteiger partial charge on any atom is 0.326 e. The minimum Gasteiger partial charge on any atom is -0.459 e. The van der Waals surface area contributed by atoms with Crippen LogP contribution < -0.4 is 5.56 Å². The van der Waals surface area contributed by atoms with Crippen molar-refractivity contribution in [3.05, 3.63) is 62.5 Å². The van der Waals surface area contributed by atoms with E-state index in [0.717, 1.165) is 10.4 Å². The number of thiophene rings is 1. The molecule has 0 aliphatic carbocycles. The number of esters is 1. The molecule has 0 atom stereocenters. The van der Waals surface area contributed by atoms with Gasteiger partial charge in [0, 0.05) is 10.4 Å². The Kier molecular flexibility index (Phi) is 4.63. The molecule has 0 amide bonds. The highest BCUT2D eigenvalue weighted by molar-refractivity contribution is 7.18. The number of hydrogen-bond acceptors (Lipinski definition) is 6. The van der Waals surface area contributed by atoms with Crippen LogP contribution in [0.25, 0.3) is 10.2 Å². The van der Waals surface area contributed by atoms with Gasteiger partial charge in [0.05, 0.1) is 23.3 Å². The summed E-state index contributed by atoms with van der Waals surface area (Å²) in [5.74, 6) is -0.555. The van der Waals surface area contributed by atoms with Crippen LogP contribution in [0.2, 0.25) is 0 Å². The minimum absolute atomic E-state index is 0.0103. The van der Waals surface area contributed by atoms with Crippen molar-refractivity contribution in [2.75, 3.05) is 0 Å². The summed E-state index contributed by atoms with van der Waals surface area (Å²) in [5, 5.41) is 9.59. The van der Waals surface area contributed by atoms with Gasteiger partial charge in [-0.25, -0.2) is 4.98 Å². The van der Waals surface area contributed by atoms with Crippen LogP contribution in [0, 0.1) is 25.2 Å². The van der Waals surface area contributed by atoms with E-state index in [1.165, 1.54) is 22.2 Å². The quantitative estimate of drug-likeness (QED) is 0.673. The normalized spacial score (nSPS) is 10.6. The molecule has 0 bridgehead atoms.